The van der Waals surface area contributed by atoms with Crippen molar-refractivity contribution in [2.24, 2.45) is 0 Å². The minimum Gasteiger partial charge on any atom is -0.361 e. The van der Waals surface area contributed by atoms with E-state index in [9.17, 15) is 14.4 Å². The number of para-hydroxylation sites is 1. The maximum atomic E-state index is 12.3. The van der Waals surface area contributed by atoms with E-state index in [1.165, 1.54) is 0 Å². The van der Waals surface area contributed by atoms with E-state index in [1.807, 2.05) is 24.4 Å². The molecule has 1 aliphatic heterocycles. The fourth-order valence-corrected chi connectivity index (χ4v) is 2.98. The van der Waals surface area contributed by atoms with Crippen LogP contribution >= 0.6 is 0 Å². The predicted molar refractivity (Wildman–Crippen MR) is 97.9 cm³/mol. The normalized spacial score (nSPS) is 16.4. The topological polar surface area (TPSA) is 103 Å². The first-order valence-electron chi connectivity index (χ1n) is 8.18. The number of aromatic amines is 1. The van der Waals surface area contributed by atoms with Crippen molar-refractivity contribution >= 4 is 40.0 Å². The van der Waals surface area contributed by atoms with Gasteiger partial charge in [0.1, 0.15) is 6.04 Å². The summed E-state index contributed by atoms with van der Waals surface area (Å²) in [7, 11) is 0. The third kappa shape index (κ3) is 3.02. The first-order valence-corrected chi connectivity index (χ1v) is 8.18. The first kappa shape index (κ1) is 15.9. The van der Waals surface area contributed by atoms with E-state index in [-0.39, 0.29) is 18.2 Å². The zero-order valence-corrected chi connectivity index (χ0v) is 13.7. The van der Waals surface area contributed by atoms with Crippen LogP contribution in [0.4, 0.5) is 11.4 Å². The van der Waals surface area contributed by atoms with E-state index < -0.39 is 11.9 Å². The van der Waals surface area contributed by atoms with Crippen LogP contribution in [-0.2, 0) is 9.59 Å². The maximum Gasteiger partial charge on any atom is 0.254 e. The van der Waals surface area contributed by atoms with Crippen LogP contribution in [0.2, 0.25) is 0 Å². The zero-order chi connectivity index (χ0) is 18.1. The third-order valence-electron chi connectivity index (χ3n) is 4.28. The SMILES string of the molecule is O=C(CC1NC(=O)c2ccccc2NC1=O)Nc1ccc2[nH]ccc2c1. The molecule has 0 saturated heterocycles. The number of carbonyl (C=O) groups excluding carboxylic acids is 3. The van der Waals surface area contributed by atoms with Crippen molar-refractivity contribution in [3.05, 3.63) is 60.3 Å². The van der Waals surface area contributed by atoms with Gasteiger partial charge in [0.25, 0.3) is 5.91 Å². The minimum atomic E-state index is -0.939. The van der Waals surface area contributed by atoms with Crippen LogP contribution in [0.1, 0.15) is 16.8 Å². The molecule has 1 unspecified atom stereocenters. The van der Waals surface area contributed by atoms with E-state index in [2.05, 4.69) is 20.9 Å². The van der Waals surface area contributed by atoms with Crippen molar-refractivity contribution in [3.8, 4) is 0 Å². The summed E-state index contributed by atoms with van der Waals surface area (Å²) in [6.07, 6.45) is 1.66. The molecule has 3 amide bonds. The quantitative estimate of drug-likeness (QED) is 0.584. The number of aromatic nitrogens is 1. The van der Waals surface area contributed by atoms with Crippen molar-refractivity contribution in [2.45, 2.75) is 12.5 Å². The summed E-state index contributed by atoms with van der Waals surface area (Å²) < 4.78 is 0. The molecular weight excluding hydrogens is 332 g/mol. The monoisotopic (exact) mass is 348 g/mol. The summed E-state index contributed by atoms with van der Waals surface area (Å²) in [6.45, 7) is 0. The standard InChI is InChI=1S/C19H16N4O3/c24-17(21-12-5-6-14-11(9-12)7-8-20-14)10-16-19(26)22-15-4-2-1-3-13(15)18(25)23-16/h1-9,16,20H,10H2,(H,21,24)(H,22,26)(H,23,25). The Hall–Kier alpha value is -3.61. The van der Waals surface area contributed by atoms with Crippen LogP contribution in [0, 0.1) is 0 Å². The Labute approximate surface area is 148 Å². The van der Waals surface area contributed by atoms with Gasteiger partial charge in [-0.2, -0.15) is 0 Å². The number of H-pyrrole nitrogens is 1. The second kappa shape index (κ2) is 6.36. The molecule has 1 atom stereocenters. The number of amides is 3. The Bertz CT molecular complexity index is 1020. The van der Waals surface area contributed by atoms with Gasteiger partial charge in [-0.25, -0.2) is 0 Å². The Kier molecular flexibility index (Phi) is 3.89. The summed E-state index contributed by atoms with van der Waals surface area (Å²) in [5, 5.41) is 9.03. The van der Waals surface area contributed by atoms with Gasteiger partial charge in [0.2, 0.25) is 11.8 Å². The van der Waals surface area contributed by atoms with Crippen LogP contribution in [0.25, 0.3) is 10.9 Å². The number of hydrogen-bond acceptors (Lipinski definition) is 3. The summed E-state index contributed by atoms with van der Waals surface area (Å²) in [4.78, 5) is 40.0. The van der Waals surface area contributed by atoms with E-state index >= 15 is 0 Å². The summed E-state index contributed by atoms with van der Waals surface area (Å²) >= 11 is 0. The molecule has 0 radical (unpaired) electrons. The smallest absolute Gasteiger partial charge is 0.254 e. The third-order valence-corrected chi connectivity index (χ3v) is 4.28. The summed E-state index contributed by atoms with van der Waals surface area (Å²) in [5.41, 5.74) is 2.42. The Morgan fingerprint density at radius 1 is 1.08 bits per heavy atom. The number of nitrogens with one attached hydrogen (secondary N) is 4. The van der Waals surface area contributed by atoms with Crippen molar-refractivity contribution < 1.29 is 14.4 Å². The molecule has 130 valence electrons. The highest BCUT2D eigenvalue weighted by Crippen LogP contribution is 2.20. The molecule has 2 heterocycles. The molecule has 7 heteroatoms. The summed E-state index contributed by atoms with van der Waals surface area (Å²) in [6, 6.07) is 13.2. The van der Waals surface area contributed by atoms with Gasteiger partial charge in [-0.05, 0) is 36.4 Å². The van der Waals surface area contributed by atoms with E-state index in [0.29, 0.717) is 16.9 Å². The number of benzene rings is 2. The number of hydrogen-bond donors (Lipinski definition) is 4. The van der Waals surface area contributed by atoms with Gasteiger partial charge >= 0.3 is 0 Å². The minimum absolute atomic E-state index is 0.156. The lowest BCUT2D eigenvalue weighted by atomic mass is 10.1. The molecule has 0 saturated carbocycles. The van der Waals surface area contributed by atoms with Gasteiger partial charge in [0, 0.05) is 22.8 Å². The molecule has 4 rings (SSSR count). The number of fused-ring (bicyclic) bond motifs is 2. The lowest BCUT2D eigenvalue weighted by Crippen LogP contribution is -2.43. The molecule has 1 aromatic heterocycles. The maximum absolute atomic E-state index is 12.3. The van der Waals surface area contributed by atoms with Gasteiger partial charge in [-0.3, -0.25) is 14.4 Å². The van der Waals surface area contributed by atoms with Gasteiger partial charge in [-0.15, -0.1) is 0 Å². The highest BCUT2D eigenvalue weighted by Gasteiger charge is 2.29. The van der Waals surface area contributed by atoms with Crippen LogP contribution in [0.15, 0.2) is 54.7 Å². The highest BCUT2D eigenvalue weighted by molar-refractivity contribution is 6.11. The Morgan fingerprint density at radius 2 is 1.92 bits per heavy atom. The first-order chi connectivity index (χ1) is 12.6. The molecule has 3 aromatic rings. The zero-order valence-electron chi connectivity index (χ0n) is 13.7. The Morgan fingerprint density at radius 3 is 2.81 bits per heavy atom. The number of anilines is 2. The van der Waals surface area contributed by atoms with Crippen LogP contribution in [-0.4, -0.2) is 28.7 Å². The fourth-order valence-electron chi connectivity index (χ4n) is 2.98. The molecule has 0 aliphatic carbocycles. The second-order valence-electron chi connectivity index (χ2n) is 6.09. The lowest BCUT2D eigenvalue weighted by Gasteiger charge is -2.14. The average Bonchev–Trinajstić information content (AvgIpc) is 3.04. The molecule has 2 aromatic carbocycles. The van der Waals surface area contributed by atoms with Crippen LogP contribution in [0.3, 0.4) is 0 Å². The van der Waals surface area contributed by atoms with Gasteiger partial charge < -0.3 is 20.9 Å². The Balaban J connectivity index is 1.47. The van der Waals surface area contributed by atoms with Gasteiger partial charge in [0.05, 0.1) is 17.7 Å². The van der Waals surface area contributed by atoms with Gasteiger partial charge in [-0.1, -0.05) is 12.1 Å². The van der Waals surface area contributed by atoms with Crippen LogP contribution in [0.5, 0.6) is 0 Å². The van der Waals surface area contributed by atoms with Crippen molar-refractivity contribution in [3.63, 3.8) is 0 Å². The highest BCUT2D eigenvalue weighted by atomic mass is 16.2. The van der Waals surface area contributed by atoms with E-state index in [1.54, 1.807) is 30.3 Å². The predicted octanol–water partition coefficient (Wildman–Crippen LogP) is 2.25. The van der Waals surface area contributed by atoms with Crippen molar-refractivity contribution in [1.82, 2.24) is 10.3 Å². The van der Waals surface area contributed by atoms with E-state index in [0.717, 1.165) is 10.9 Å². The summed E-state index contributed by atoms with van der Waals surface area (Å²) in [5.74, 6) is -1.16. The number of rotatable bonds is 3. The van der Waals surface area contributed by atoms with Crippen LogP contribution < -0.4 is 16.0 Å². The lowest BCUT2D eigenvalue weighted by molar-refractivity contribution is -0.122. The molecule has 0 spiro atoms. The molecule has 1 aliphatic rings. The largest absolute Gasteiger partial charge is 0.361 e. The van der Waals surface area contributed by atoms with Crippen molar-refractivity contribution in [2.75, 3.05) is 10.6 Å². The van der Waals surface area contributed by atoms with E-state index in [4.69, 9.17) is 0 Å². The molecule has 4 N–H and O–H groups in total. The molecule has 0 fully saturated rings. The fraction of sp³-hybridized carbons (Fsp3) is 0.105. The molecule has 7 nitrogen and oxygen atoms in total. The molecule has 26 heavy (non-hydrogen) atoms. The van der Waals surface area contributed by atoms with Crippen molar-refractivity contribution in [1.29, 1.82) is 0 Å². The molecule has 0 bridgehead atoms. The second-order valence-corrected chi connectivity index (χ2v) is 6.09. The van der Waals surface area contributed by atoms with Gasteiger partial charge in [0.15, 0.2) is 0 Å². The average molecular weight is 348 g/mol. The molecular formula is C19H16N4O3. The number of carbonyl (C=O) groups is 3.